The highest BCUT2D eigenvalue weighted by Crippen LogP contribution is 2.27. The second-order valence-corrected chi connectivity index (χ2v) is 4.16. The zero-order valence-corrected chi connectivity index (χ0v) is 9.76. The minimum Gasteiger partial charge on any atom is -0.468 e. The molecule has 0 N–H and O–H groups in total. The van der Waals surface area contributed by atoms with Crippen LogP contribution in [-0.2, 0) is 14.3 Å². The predicted octanol–water partition coefficient (Wildman–Crippen LogP) is 1.18. The van der Waals surface area contributed by atoms with Crippen LogP contribution in [0.5, 0.6) is 0 Å². The molecule has 1 amide bonds. The minimum atomic E-state index is -0.368. The molecule has 0 bridgehead atoms. The van der Waals surface area contributed by atoms with Crippen molar-refractivity contribution >= 4 is 11.9 Å². The van der Waals surface area contributed by atoms with Gasteiger partial charge in [-0.1, -0.05) is 30.3 Å². The van der Waals surface area contributed by atoms with E-state index < -0.39 is 0 Å². The molecule has 1 heterocycles. The normalized spacial score (nSPS) is 19.5. The second kappa shape index (κ2) is 4.99. The Morgan fingerprint density at radius 1 is 1.41 bits per heavy atom. The maximum absolute atomic E-state index is 11.7. The zero-order valence-electron chi connectivity index (χ0n) is 9.76. The van der Waals surface area contributed by atoms with E-state index in [-0.39, 0.29) is 24.3 Å². The molecule has 90 valence electrons. The Hall–Kier alpha value is -1.84. The van der Waals surface area contributed by atoms with E-state index in [9.17, 15) is 9.59 Å². The van der Waals surface area contributed by atoms with Gasteiger partial charge in [0, 0.05) is 18.9 Å². The van der Waals surface area contributed by atoms with Gasteiger partial charge in [0.25, 0.3) is 0 Å². The van der Waals surface area contributed by atoms with Crippen LogP contribution < -0.4 is 0 Å². The van der Waals surface area contributed by atoms with Crippen LogP contribution in [-0.4, -0.2) is 37.0 Å². The first-order valence-electron chi connectivity index (χ1n) is 5.60. The van der Waals surface area contributed by atoms with Crippen LogP contribution in [0.1, 0.15) is 17.9 Å². The van der Waals surface area contributed by atoms with E-state index in [0.717, 1.165) is 5.56 Å². The molecule has 1 fully saturated rings. The first kappa shape index (κ1) is 11.6. The lowest BCUT2D eigenvalue weighted by Gasteiger charge is -2.14. The van der Waals surface area contributed by atoms with Crippen LogP contribution in [0.25, 0.3) is 0 Å². The molecule has 1 aromatic carbocycles. The predicted molar refractivity (Wildman–Crippen MR) is 62.4 cm³/mol. The standard InChI is InChI=1S/C13H15NO3/c1-17-13(16)9-14-8-11(7-12(14)15)10-5-3-2-4-6-10/h2-6,11H,7-9H2,1H3. The van der Waals surface area contributed by atoms with Gasteiger partial charge in [0.1, 0.15) is 6.54 Å². The molecule has 0 aromatic heterocycles. The van der Waals surface area contributed by atoms with E-state index in [4.69, 9.17) is 0 Å². The summed E-state index contributed by atoms with van der Waals surface area (Å²) in [6.45, 7) is 0.649. The molecular formula is C13H15NO3. The van der Waals surface area contributed by atoms with Gasteiger partial charge < -0.3 is 9.64 Å². The fraction of sp³-hybridized carbons (Fsp3) is 0.385. The van der Waals surface area contributed by atoms with E-state index >= 15 is 0 Å². The smallest absolute Gasteiger partial charge is 0.325 e. The van der Waals surface area contributed by atoms with Crippen molar-refractivity contribution in [3.63, 3.8) is 0 Å². The Morgan fingerprint density at radius 3 is 2.76 bits per heavy atom. The van der Waals surface area contributed by atoms with Crippen LogP contribution in [0, 0.1) is 0 Å². The molecule has 2 rings (SSSR count). The first-order valence-corrected chi connectivity index (χ1v) is 5.60. The van der Waals surface area contributed by atoms with Crippen molar-refractivity contribution in [3.05, 3.63) is 35.9 Å². The number of amides is 1. The molecule has 17 heavy (non-hydrogen) atoms. The van der Waals surface area contributed by atoms with E-state index in [0.29, 0.717) is 13.0 Å². The van der Waals surface area contributed by atoms with Gasteiger partial charge in [-0.05, 0) is 5.56 Å². The molecule has 1 aliphatic heterocycles. The third-order valence-electron chi connectivity index (χ3n) is 3.03. The Balaban J connectivity index is 2.02. The monoisotopic (exact) mass is 233 g/mol. The van der Waals surface area contributed by atoms with Gasteiger partial charge in [0.15, 0.2) is 0 Å². The Labute approximate surface area is 100 Å². The first-order chi connectivity index (χ1) is 8.20. The average molecular weight is 233 g/mol. The molecule has 4 heteroatoms. The van der Waals surface area contributed by atoms with E-state index in [1.807, 2.05) is 30.3 Å². The number of carbonyl (C=O) groups excluding carboxylic acids is 2. The molecule has 0 radical (unpaired) electrons. The van der Waals surface area contributed by atoms with Gasteiger partial charge >= 0.3 is 5.97 Å². The van der Waals surface area contributed by atoms with Crippen LogP contribution in [0.3, 0.4) is 0 Å². The third kappa shape index (κ3) is 2.64. The second-order valence-electron chi connectivity index (χ2n) is 4.16. The summed E-state index contributed by atoms with van der Waals surface area (Å²) in [6.07, 6.45) is 0.473. The summed E-state index contributed by atoms with van der Waals surface area (Å²) < 4.78 is 4.57. The Morgan fingerprint density at radius 2 is 2.12 bits per heavy atom. The third-order valence-corrected chi connectivity index (χ3v) is 3.03. The number of nitrogens with zero attached hydrogens (tertiary/aromatic N) is 1. The number of hydrogen-bond acceptors (Lipinski definition) is 3. The fourth-order valence-corrected chi connectivity index (χ4v) is 2.09. The molecule has 1 aromatic rings. The van der Waals surface area contributed by atoms with Gasteiger partial charge in [0.2, 0.25) is 5.91 Å². The summed E-state index contributed by atoms with van der Waals surface area (Å²) in [5, 5.41) is 0. The molecule has 0 spiro atoms. The number of carbonyl (C=O) groups is 2. The van der Waals surface area contributed by atoms with Crippen molar-refractivity contribution in [2.24, 2.45) is 0 Å². The number of benzene rings is 1. The average Bonchev–Trinajstić information content (AvgIpc) is 2.72. The molecule has 1 unspecified atom stereocenters. The van der Waals surface area contributed by atoms with Crippen LogP contribution >= 0.6 is 0 Å². The zero-order chi connectivity index (χ0) is 12.3. The lowest BCUT2D eigenvalue weighted by molar-refractivity contribution is -0.145. The highest BCUT2D eigenvalue weighted by atomic mass is 16.5. The fourth-order valence-electron chi connectivity index (χ4n) is 2.09. The van der Waals surface area contributed by atoms with Crippen LogP contribution in [0.15, 0.2) is 30.3 Å². The summed E-state index contributed by atoms with van der Waals surface area (Å²) in [7, 11) is 1.33. The van der Waals surface area contributed by atoms with Gasteiger partial charge in [-0.15, -0.1) is 0 Å². The quantitative estimate of drug-likeness (QED) is 0.736. The SMILES string of the molecule is COC(=O)CN1CC(c2ccccc2)CC1=O. The maximum Gasteiger partial charge on any atom is 0.325 e. The molecule has 1 saturated heterocycles. The highest BCUT2D eigenvalue weighted by molar-refractivity contribution is 5.84. The van der Waals surface area contributed by atoms with Crippen molar-refractivity contribution in [3.8, 4) is 0 Å². The van der Waals surface area contributed by atoms with Gasteiger partial charge in [-0.3, -0.25) is 9.59 Å². The summed E-state index contributed by atoms with van der Waals surface area (Å²) >= 11 is 0. The number of likely N-dealkylation sites (tertiary alicyclic amines) is 1. The van der Waals surface area contributed by atoms with Crippen LogP contribution in [0.4, 0.5) is 0 Å². The van der Waals surface area contributed by atoms with Crippen molar-refractivity contribution in [2.45, 2.75) is 12.3 Å². The Kier molecular flexibility index (Phi) is 3.42. The van der Waals surface area contributed by atoms with E-state index in [1.54, 1.807) is 4.90 Å². The van der Waals surface area contributed by atoms with Crippen molar-refractivity contribution in [1.29, 1.82) is 0 Å². The summed E-state index contributed by atoms with van der Waals surface area (Å²) in [5.74, 6) is -0.162. The Bertz CT molecular complexity index is 416. The van der Waals surface area contributed by atoms with Crippen molar-refractivity contribution in [1.82, 2.24) is 4.90 Å². The molecular weight excluding hydrogens is 218 g/mol. The summed E-state index contributed by atoms with van der Waals surface area (Å²) in [6, 6.07) is 9.90. The molecule has 0 aliphatic carbocycles. The van der Waals surface area contributed by atoms with E-state index in [2.05, 4.69) is 4.74 Å². The largest absolute Gasteiger partial charge is 0.468 e. The van der Waals surface area contributed by atoms with Crippen LogP contribution in [0.2, 0.25) is 0 Å². The molecule has 1 atom stereocenters. The lowest BCUT2D eigenvalue weighted by atomic mass is 9.99. The number of esters is 1. The molecule has 4 nitrogen and oxygen atoms in total. The minimum absolute atomic E-state index is 0.0178. The molecule has 1 aliphatic rings. The van der Waals surface area contributed by atoms with Gasteiger partial charge in [-0.2, -0.15) is 0 Å². The summed E-state index contributed by atoms with van der Waals surface area (Å²) in [5.41, 5.74) is 1.15. The number of hydrogen-bond donors (Lipinski definition) is 0. The molecule has 0 saturated carbocycles. The lowest BCUT2D eigenvalue weighted by Crippen LogP contribution is -2.31. The number of ether oxygens (including phenoxy) is 1. The van der Waals surface area contributed by atoms with Gasteiger partial charge in [-0.25, -0.2) is 0 Å². The maximum atomic E-state index is 11.7. The van der Waals surface area contributed by atoms with E-state index in [1.165, 1.54) is 7.11 Å². The number of methoxy groups -OCH3 is 1. The summed E-state index contributed by atoms with van der Waals surface area (Å²) in [4.78, 5) is 24.4. The van der Waals surface area contributed by atoms with Crippen molar-refractivity contribution in [2.75, 3.05) is 20.2 Å². The highest BCUT2D eigenvalue weighted by Gasteiger charge is 2.31. The topological polar surface area (TPSA) is 46.6 Å². The van der Waals surface area contributed by atoms with Crippen molar-refractivity contribution < 1.29 is 14.3 Å². The number of rotatable bonds is 3. The van der Waals surface area contributed by atoms with Gasteiger partial charge in [0.05, 0.1) is 7.11 Å².